The Morgan fingerprint density at radius 2 is 1.93 bits per heavy atom. The number of ether oxygens (including phenoxy) is 1. The van der Waals surface area contributed by atoms with Gasteiger partial charge in [-0.25, -0.2) is 4.79 Å². The molecule has 0 bridgehead atoms. The van der Waals surface area contributed by atoms with Crippen molar-refractivity contribution in [1.29, 1.82) is 0 Å². The van der Waals surface area contributed by atoms with Crippen LogP contribution in [0.3, 0.4) is 0 Å². The molecule has 0 atom stereocenters. The highest BCUT2D eigenvalue weighted by Gasteiger charge is 2.26. The summed E-state index contributed by atoms with van der Waals surface area (Å²) in [5, 5.41) is 4.65. The molecule has 3 aromatic rings. The van der Waals surface area contributed by atoms with Crippen molar-refractivity contribution >= 4 is 29.3 Å². The van der Waals surface area contributed by atoms with Crippen molar-refractivity contribution < 1.29 is 18.5 Å². The SMILES string of the molecule is COc1cccc2cc(C(=O)N3CCN(Cc4c(C)noc4C)CC3)c(=O)oc12.Cl. The fourth-order valence-electron chi connectivity index (χ4n) is 3.66. The number of aromatic nitrogens is 1. The molecule has 2 aromatic heterocycles. The molecule has 0 saturated carbocycles. The van der Waals surface area contributed by atoms with Gasteiger partial charge in [0.15, 0.2) is 11.3 Å². The van der Waals surface area contributed by atoms with Crippen molar-refractivity contribution in [1.82, 2.24) is 15.0 Å². The summed E-state index contributed by atoms with van der Waals surface area (Å²) in [4.78, 5) is 29.3. The second kappa shape index (κ2) is 8.89. The monoisotopic (exact) mass is 433 g/mol. The minimum absolute atomic E-state index is 0. The van der Waals surface area contributed by atoms with Crippen LogP contribution in [0.4, 0.5) is 0 Å². The van der Waals surface area contributed by atoms with Crippen LogP contribution >= 0.6 is 12.4 Å². The molecule has 0 radical (unpaired) electrons. The van der Waals surface area contributed by atoms with Crippen molar-refractivity contribution in [2.24, 2.45) is 0 Å². The third-order valence-corrected chi connectivity index (χ3v) is 5.40. The predicted octanol–water partition coefficient (Wildman–Crippen LogP) is 2.79. The molecule has 1 aromatic carbocycles. The van der Waals surface area contributed by atoms with Crippen molar-refractivity contribution in [3.8, 4) is 5.75 Å². The number of hydrogen-bond donors (Lipinski definition) is 0. The van der Waals surface area contributed by atoms with E-state index < -0.39 is 5.63 Å². The number of nitrogens with zero attached hydrogens (tertiary/aromatic N) is 3. The summed E-state index contributed by atoms with van der Waals surface area (Å²) in [6, 6.07) is 6.88. The van der Waals surface area contributed by atoms with Crippen molar-refractivity contribution in [2.75, 3.05) is 33.3 Å². The highest BCUT2D eigenvalue weighted by molar-refractivity contribution is 5.97. The van der Waals surface area contributed by atoms with Gasteiger partial charge in [-0.2, -0.15) is 0 Å². The number of aryl methyl sites for hydroxylation is 2. The van der Waals surface area contributed by atoms with E-state index >= 15 is 0 Å². The van der Waals surface area contributed by atoms with Crippen LogP contribution in [0.15, 0.2) is 38.0 Å². The fraction of sp³-hybridized carbons (Fsp3) is 0.381. The number of rotatable bonds is 4. The Balaban J connectivity index is 0.00000256. The van der Waals surface area contributed by atoms with E-state index in [4.69, 9.17) is 13.7 Å². The van der Waals surface area contributed by atoms with Gasteiger partial charge in [0.05, 0.1) is 12.8 Å². The van der Waals surface area contributed by atoms with Crippen LogP contribution in [0.2, 0.25) is 0 Å². The van der Waals surface area contributed by atoms with Crippen molar-refractivity contribution in [3.05, 3.63) is 57.3 Å². The average Bonchev–Trinajstić information content (AvgIpc) is 3.05. The Bertz CT molecular complexity index is 1100. The predicted molar refractivity (Wildman–Crippen MR) is 113 cm³/mol. The summed E-state index contributed by atoms with van der Waals surface area (Å²) in [7, 11) is 1.51. The molecule has 4 rings (SSSR count). The third-order valence-electron chi connectivity index (χ3n) is 5.40. The van der Waals surface area contributed by atoms with E-state index in [0.717, 1.165) is 23.6 Å². The molecule has 1 fully saturated rings. The van der Waals surface area contributed by atoms with E-state index in [0.29, 0.717) is 42.9 Å². The first-order valence-corrected chi connectivity index (χ1v) is 9.52. The second-order valence-corrected chi connectivity index (χ2v) is 7.20. The maximum atomic E-state index is 12.9. The van der Waals surface area contributed by atoms with Crippen molar-refractivity contribution in [2.45, 2.75) is 20.4 Å². The normalized spacial score (nSPS) is 14.6. The minimum atomic E-state index is -0.648. The summed E-state index contributed by atoms with van der Waals surface area (Å²) >= 11 is 0. The molecule has 1 amide bonds. The fourth-order valence-corrected chi connectivity index (χ4v) is 3.66. The lowest BCUT2D eigenvalue weighted by Gasteiger charge is -2.34. The number of halogens is 1. The molecule has 0 aliphatic carbocycles. The quantitative estimate of drug-likeness (QED) is 0.584. The number of methoxy groups -OCH3 is 1. The zero-order valence-corrected chi connectivity index (χ0v) is 18.0. The Morgan fingerprint density at radius 1 is 1.20 bits per heavy atom. The number of carbonyl (C=O) groups excluding carboxylic acids is 1. The smallest absolute Gasteiger partial charge is 0.349 e. The molecule has 0 unspecified atom stereocenters. The largest absolute Gasteiger partial charge is 0.493 e. The maximum Gasteiger partial charge on any atom is 0.349 e. The van der Waals surface area contributed by atoms with Gasteiger partial charge >= 0.3 is 5.63 Å². The van der Waals surface area contributed by atoms with Gasteiger partial charge in [-0.15, -0.1) is 12.4 Å². The summed E-state index contributed by atoms with van der Waals surface area (Å²) in [5.74, 6) is 0.984. The van der Waals surface area contributed by atoms with E-state index in [2.05, 4.69) is 10.1 Å². The Morgan fingerprint density at radius 3 is 2.57 bits per heavy atom. The van der Waals surface area contributed by atoms with E-state index in [1.807, 2.05) is 13.8 Å². The highest BCUT2D eigenvalue weighted by atomic mass is 35.5. The van der Waals surface area contributed by atoms with Gasteiger partial charge < -0.3 is 18.6 Å². The number of piperazine rings is 1. The van der Waals surface area contributed by atoms with Crippen LogP contribution in [0, 0.1) is 13.8 Å². The van der Waals surface area contributed by atoms with Gasteiger partial charge in [-0.05, 0) is 26.0 Å². The lowest BCUT2D eigenvalue weighted by Crippen LogP contribution is -2.49. The molecule has 1 aliphatic rings. The number of fused-ring (bicyclic) bond motifs is 1. The van der Waals surface area contributed by atoms with Crippen LogP contribution in [0.5, 0.6) is 5.75 Å². The first kappa shape index (κ1) is 21.9. The Hall–Kier alpha value is -2.84. The lowest BCUT2D eigenvalue weighted by molar-refractivity contribution is 0.0623. The first-order chi connectivity index (χ1) is 14.0. The van der Waals surface area contributed by atoms with Crippen molar-refractivity contribution in [3.63, 3.8) is 0 Å². The van der Waals surface area contributed by atoms with Crippen LogP contribution in [-0.4, -0.2) is 54.2 Å². The molecular weight excluding hydrogens is 410 g/mol. The summed E-state index contributed by atoms with van der Waals surface area (Å²) in [6.07, 6.45) is 0. The lowest BCUT2D eigenvalue weighted by atomic mass is 10.1. The Kier molecular flexibility index (Phi) is 6.48. The van der Waals surface area contributed by atoms with Crippen LogP contribution in [0.1, 0.15) is 27.4 Å². The number of amides is 1. The van der Waals surface area contributed by atoms with E-state index in [9.17, 15) is 9.59 Å². The Labute approximate surface area is 179 Å². The van der Waals surface area contributed by atoms with Crippen LogP contribution < -0.4 is 10.4 Å². The number of carbonyl (C=O) groups is 1. The van der Waals surface area contributed by atoms with Gasteiger partial charge in [-0.1, -0.05) is 17.3 Å². The highest BCUT2D eigenvalue weighted by Crippen LogP contribution is 2.25. The molecule has 1 saturated heterocycles. The van der Waals surface area contributed by atoms with Gasteiger partial charge in [0.25, 0.3) is 5.91 Å². The minimum Gasteiger partial charge on any atom is -0.493 e. The average molecular weight is 434 g/mol. The second-order valence-electron chi connectivity index (χ2n) is 7.20. The molecule has 9 heteroatoms. The molecule has 0 N–H and O–H groups in total. The zero-order chi connectivity index (χ0) is 20.5. The molecule has 0 spiro atoms. The van der Waals surface area contributed by atoms with Crippen LogP contribution in [0.25, 0.3) is 11.0 Å². The standard InChI is InChI=1S/C21H23N3O5.ClH/c1-13-17(14(2)29-22-13)12-23-7-9-24(10-8-23)20(25)16-11-15-5-4-6-18(27-3)19(15)28-21(16)26;/h4-6,11H,7-10,12H2,1-3H3;1H. The van der Waals surface area contributed by atoms with Gasteiger partial charge in [0.1, 0.15) is 11.3 Å². The molecular formula is C21H24ClN3O5. The number of para-hydroxylation sites is 1. The molecule has 8 nitrogen and oxygen atoms in total. The number of hydrogen-bond acceptors (Lipinski definition) is 7. The summed E-state index contributed by atoms with van der Waals surface area (Å²) in [6.45, 7) is 7.07. The van der Waals surface area contributed by atoms with Gasteiger partial charge in [-0.3, -0.25) is 9.69 Å². The third kappa shape index (κ3) is 4.06. The summed E-state index contributed by atoms with van der Waals surface area (Å²) in [5.41, 5.74) is 1.73. The van der Waals surface area contributed by atoms with E-state index in [1.165, 1.54) is 7.11 Å². The first-order valence-electron chi connectivity index (χ1n) is 9.52. The molecule has 160 valence electrons. The van der Waals surface area contributed by atoms with E-state index in [-0.39, 0.29) is 23.9 Å². The molecule has 1 aliphatic heterocycles. The molecule has 30 heavy (non-hydrogen) atoms. The summed E-state index contributed by atoms with van der Waals surface area (Å²) < 4.78 is 15.8. The van der Waals surface area contributed by atoms with Gasteiger partial charge in [0.2, 0.25) is 0 Å². The zero-order valence-electron chi connectivity index (χ0n) is 17.1. The topological polar surface area (TPSA) is 89.0 Å². The van der Waals surface area contributed by atoms with E-state index in [1.54, 1.807) is 29.2 Å². The van der Waals surface area contributed by atoms with Gasteiger partial charge in [0, 0.05) is 43.7 Å². The van der Waals surface area contributed by atoms with Crippen LogP contribution in [-0.2, 0) is 6.54 Å². The maximum absolute atomic E-state index is 12.9. The number of benzene rings is 1. The molecule has 3 heterocycles.